The van der Waals surface area contributed by atoms with Crippen LogP contribution in [0.4, 0.5) is 4.79 Å². The number of carboxylic acids is 1. The van der Waals surface area contributed by atoms with Crippen LogP contribution in [0.25, 0.3) is 11.1 Å². The van der Waals surface area contributed by atoms with E-state index in [9.17, 15) is 19.5 Å². The zero-order valence-corrected chi connectivity index (χ0v) is 20.7. The summed E-state index contributed by atoms with van der Waals surface area (Å²) in [6, 6.07) is 15.0. The van der Waals surface area contributed by atoms with Crippen molar-refractivity contribution < 1.29 is 29.0 Å². The van der Waals surface area contributed by atoms with E-state index in [2.05, 4.69) is 22.8 Å². The van der Waals surface area contributed by atoms with Crippen molar-refractivity contribution in [2.75, 3.05) is 26.9 Å². The maximum absolute atomic E-state index is 12.7. The Morgan fingerprint density at radius 1 is 1.00 bits per heavy atom. The van der Waals surface area contributed by atoms with Gasteiger partial charge in [0.05, 0.1) is 12.5 Å². The Morgan fingerprint density at radius 3 is 2.09 bits per heavy atom. The van der Waals surface area contributed by atoms with Crippen LogP contribution in [0, 0.1) is 11.3 Å². The molecule has 0 spiro atoms. The van der Waals surface area contributed by atoms with E-state index >= 15 is 0 Å². The monoisotopic (exact) mass is 482 g/mol. The number of benzene rings is 2. The molecule has 0 heterocycles. The van der Waals surface area contributed by atoms with Crippen molar-refractivity contribution in [3.05, 3.63) is 59.7 Å². The number of hydrogen-bond acceptors (Lipinski definition) is 5. The first-order valence-electron chi connectivity index (χ1n) is 11.7. The minimum atomic E-state index is -1.01. The molecule has 8 heteroatoms. The van der Waals surface area contributed by atoms with E-state index in [-0.39, 0.29) is 31.1 Å². The number of carbonyl (C=O) groups excluding carboxylic acids is 2. The second-order valence-corrected chi connectivity index (χ2v) is 10.0. The maximum atomic E-state index is 12.7. The van der Waals surface area contributed by atoms with Crippen LogP contribution in [0.3, 0.4) is 0 Å². The molecule has 2 aromatic rings. The topological polar surface area (TPSA) is 114 Å². The first kappa shape index (κ1) is 26.2. The number of carboxylic acid groups (broad SMARTS) is 1. The highest BCUT2D eigenvalue weighted by Gasteiger charge is 2.30. The number of nitrogens with one attached hydrogen (secondary N) is 2. The number of fused-ring (bicyclic) bond motifs is 3. The number of rotatable bonds is 10. The number of ether oxygens (including phenoxy) is 2. The third-order valence-electron chi connectivity index (χ3n) is 6.02. The number of hydrogen-bond donors (Lipinski definition) is 3. The predicted octanol–water partition coefficient (Wildman–Crippen LogP) is 3.79. The van der Waals surface area contributed by atoms with E-state index in [1.54, 1.807) is 0 Å². The summed E-state index contributed by atoms with van der Waals surface area (Å²) in [5.41, 5.74) is 4.21. The molecule has 2 amide bonds. The molecule has 35 heavy (non-hydrogen) atoms. The third-order valence-corrected chi connectivity index (χ3v) is 6.02. The van der Waals surface area contributed by atoms with Crippen LogP contribution in [0.5, 0.6) is 0 Å². The van der Waals surface area contributed by atoms with Gasteiger partial charge in [0.2, 0.25) is 5.91 Å². The second-order valence-electron chi connectivity index (χ2n) is 10.0. The molecule has 0 bridgehead atoms. The summed E-state index contributed by atoms with van der Waals surface area (Å²) in [5.74, 6) is -2.35. The van der Waals surface area contributed by atoms with Crippen LogP contribution in [-0.2, 0) is 19.1 Å². The van der Waals surface area contributed by atoms with Gasteiger partial charge in [-0.2, -0.15) is 0 Å². The van der Waals surface area contributed by atoms with Crippen LogP contribution in [0.1, 0.15) is 44.2 Å². The summed E-state index contributed by atoms with van der Waals surface area (Å²) in [6.45, 7) is 5.82. The number of carbonyl (C=O) groups is 3. The van der Waals surface area contributed by atoms with E-state index < -0.39 is 29.9 Å². The van der Waals surface area contributed by atoms with E-state index in [0.29, 0.717) is 6.42 Å². The Labute approximate surface area is 206 Å². The Balaban J connectivity index is 1.59. The van der Waals surface area contributed by atoms with Crippen molar-refractivity contribution in [3.8, 4) is 11.1 Å². The van der Waals surface area contributed by atoms with Crippen molar-refractivity contribution in [2.45, 2.75) is 39.2 Å². The SMILES string of the molecule is COC[C@H](NC(=O)OCC1c2ccccc2-c2ccccc21)C(=O)NCC(CC(C)(C)C)C(=O)O. The van der Waals surface area contributed by atoms with Crippen LogP contribution in [0.2, 0.25) is 0 Å². The van der Waals surface area contributed by atoms with Crippen LogP contribution >= 0.6 is 0 Å². The van der Waals surface area contributed by atoms with Crippen LogP contribution < -0.4 is 10.6 Å². The van der Waals surface area contributed by atoms with Gasteiger partial charge in [0.1, 0.15) is 12.6 Å². The lowest BCUT2D eigenvalue weighted by Gasteiger charge is -2.24. The Morgan fingerprint density at radius 2 is 1.57 bits per heavy atom. The van der Waals surface area contributed by atoms with Gasteiger partial charge in [0, 0.05) is 19.6 Å². The fraction of sp³-hybridized carbons (Fsp3) is 0.444. The van der Waals surface area contributed by atoms with Gasteiger partial charge in [-0.05, 0) is 34.1 Å². The van der Waals surface area contributed by atoms with E-state index in [0.717, 1.165) is 22.3 Å². The lowest BCUT2D eigenvalue weighted by molar-refractivity contribution is -0.142. The molecule has 2 aromatic carbocycles. The Bertz CT molecular complexity index is 1020. The maximum Gasteiger partial charge on any atom is 0.407 e. The minimum absolute atomic E-state index is 0.0436. The molecule has 1 aliphatic rings. The molecule has 0 aliphatic heterocycles. The molecule has 0 saturated carbocycles. The normalized spacial score (nSPS) is 14.4. The zero-order valence-electron chi connectivity index (χ0n) is 20.7. The molecule has 0 radical (unpaired) electrons. The number of alkyl carbamates (subject to hydrolysis) is 1. The quantitative estimate of drug-likeness (QED) is 0.475. The van der Waals surface area contributed by atoms with Gasteiger partial charge in [-0.3, -0.25) is 9.59 Å². The highest BCUT2D eigenvalue weighted by Crippen LogP contribution is 2.44. The highest BCUT2D eigenvalue weighted by molar-refractivity contribution is 5.86. The molecule has 0 saturated heterocycles. The first-order valence-corrected chi connectivity index (χ1v) is 11.7. The molecule has 188 valence electrons. The molecule has 1 unspecified atom stereocenters. The van der Waals surface area contributed by atoms with Crippen molar-refractivity contribution >= 4 is 18.0 Å². The van der Waals surface area contributed by atoms with E-state index in [1.165, 1.54) is 7.11 Å². The summed E-state index contributed by atoms with van der Waals surface area (Å²) in [6.07, 6.45) is -0.342. The molecule has 0 fully saturated rings. The molecular weight excluding hydrogens is 448 g/mol. The molecule has 3 rings (SSSR count). The average molecular weight is 483 g/mol. The van der Waals surface area contributed by atoms with Crippen LogP contribution in [0.15, 0.2) is 48.5 Å². The van der Waals surface area contributed by atoms with E-state index in [1.807, 2.05) is 57.2 Å². The molecule has 3 N–H and O–H groups in total. The molecular formula is C27H34N2O6. The minimum Gasteiger partial charge on any atom is -0.481 e. The highest BCUT2D eigenvalue weighted by atomic mass is 16.5. The third kappa shape index (κ3) is 6.82. The van der Waals surface area contributed by atoms with Gasteiger partial charge in [-0.1, -0.05) is 69.3 Å². The van der Waals surface area contributed by atoms with E-state index in [4.69, 9.17) is 9.47 Å². The van der Waals surface area contributed by atoms with Gasteiger partial charge < -0.3 is 25.2 Å². The largest absolute Gasteiger partial charge is 0.481 e. The summed E-state index contributed by atoms with van der Waals surface area (Å²) in [5, 5.41) is 14.7. The van der Waals surface area contributed by atoms with Crippen molar-refractivity contribution in [3.63, 3.8) is 0 Å². The number of aliphatic carboxylic acids is 1. The van der Waals surface area contributed by atoms with Gasteiger partial charge in [0.15, 0.2) is 0 Å². The second kappa shape index (κ2) is 11.4. The fourth-order valence-electron chi connectivity index (χ4n) is 4.46. The first-order chi connectivity index (χ1) is 16.6. The van der Waals surface area contributed by atoms with Crippen molar-refractivity contribution in [2.24, 2.45) is 11.3 Å². The smallest absolute Gasteiger partial charge is 0.407 e. The molecule has 8 nitrogen and oxygen atoms in total. The van der Waals surface area contributed by atoms with Crippen molar-refractivity contribution in [1.29, 1.82) is 0 Å². The number of amides is 2. The van der Waals surface area contributed by atoms with Crippen LogP contribution in [-0.4, -0.2) is 56.0 Å². The van der Waals surface area contributed by atoms with Crippen molar-refractivity contribution in [1.82, 2.24) is 10.6 Å². The predicted molar refractivity (Wildman–Crippen MR) is 132 cm³/mol. The lowest BCUT2D eigenvalue weighted by Crippen LogP contribution is -2.51. The Kier molecular flexibility index (Phi) is 8.51. The summed E-state index contributed by atoms with van der Waals surface area (Å²) in [7, 11) is 1.42. The molecule has 2 atom stereocenters. The standard InChI is InChI=1S/C27H34N2O6/c1-27(2,3)13-17(25(31)32)14-28-24(30)23(16-34-4)29-26(33)35-15-22-20-11-7-5-9-18(20)19-10-6-8-12-21(19)22/h5-12,17,22-23H,13-16H2,1-4H3,(H,28,30)(H,29,33)(H,31,32)/t17?,23-/m0/s1. The molecule has 0 aromatic heterocycles. The summed E-state index contributed by atoms with van der Waals surface area (Å²) in [4.78, 5) is 36.9. The lowest BCUT2D eigenvalue weighted by atomic mass is 9.84. The number of methoxy groups -OCH3 is 1. The molecule has 1 aliphatic carbocycles. The zero-order chi connectivity index (χ0) is 25.6. The average Bonchev–Trinajstić information content (AvgIpc) is 3.13. The van der Waals surface area contributed by atoms with Gasteiger partial charge in [-0.15, -0.1) is 0 Å². The summed E-state index contributed by atoms with van der Waals surface area (Å²) < 4.78 is 10.6. The Hall–Kier alpha value is -3.39. The van der Waals surface area contributed by atoms with Gasteiger partial charge in [-0.25, -0.2) is 4.79 Å². The van der Waals surface area contributed by atoms with Gasteiger partial charge in [0.25, 0.3) is 0 Å². The fourth-order valence-corrected chi connectivity index (χ4v) is 4.46. The van der Waals surface area contributed by atoms with Gasteiger partial charge >= 0.3 is 12.1 Å². The summed E-state index contributed by atoms with van der Waals surface area (Å²) >= 11 is 0.